The third kappa shape index (κ3) is 6.26. The highest BCUT2D eigenvalue weighted by Gasteiger charge is 2.21. The SMILES string of the molecule is CNC(=O)Nc1ccc(Sc2ccc(N)c(N=Nc3cc(C)cc(C(C)(C)C)c3O)c2)cc1. The molecule has 0 aliphatic carbocycles. The zero-order valence-corrected chi connectivity index (χ0v) is 20.2. The molecular formula is C25H29N5O2S. The Morgan fingerprint density at radius 1 is 0.970 bits per heavy atom. The number of nitrogen functional groups attached to an aromatic ring is 1. The van der Waals surface area contributed by atoms with E-state index in [2.05, 4.69) is 20.9 Å². The van der Waals surface area contributed by atoms with E-state index in [1.54, 1.807) is 30.9 Å². The number of rotatable bonds is 5. The van der Waals surface area contributed by atoms with E-state index in [0.29, 0.717) is 22.7 Å². The van der Waals surface area contributed by atoms with E-state index in [1.807, 2.05) is 70.2 Å². The van der Waals surface area contributed by atoms with Gasteiger partial charge in [0.05, 0.1) is 5.69 Å². The van der Waals surface area contributed by atoms with E-state index in [9.17, 15) is 9.90 Å². The molecule has 2 amide bonds. The number of phenolic OH excluding ortho intramolecular Hbond substituents is 1. The second-order valence-electron chi connectivity index (χ2n) is 8.68. The van der Waals surface area contributed by atoms with Crippen molar-refractivity contribution in [3.63, 3.8) is 0 Å². The van der Waals surface area contributed by atoms with E-state index in [0.717, 1.165) is 20.9 Å². The van der Waals surface area contributed by atoms with Gasteiger partial charge in [0.25, 0.3) is 0 Å². The van der Waals surface area contributed by atoms with Crippen molar-refractivity contribution < 1.29 is 9.90 Å². The monoisotopic (exact) mass is 463 g/mol. The molecule has 7 nitrogen and oxygen atoms in total. The van der Waals surface area contributed by atoms with E-state index in [4.69, 9.17) is 5.73 Å². The van der Waals surface area contributed by atoms with Crippen molar-refractivity contribution >= 4 is 40.5 Å². The van der Waals surface area contributed by atoms with Crippen molar-refractivity contribution in [1.29, 1.82) is 0 Å². The standard InChI is InChI=1S/C25H29N5O2S/c1-15-12-19(25(2,3)4)23(31)22(13-15)30-29-21-14-18(10-11-20(21)26)33-17-8-6-16(7-9-17)28-24(32)27-5/h6-14,31H,26H2,1-5H3,(H2,27,28,32). The summed E-state index contributed by atoms with van der Waals surface area (Å²) in [6.45, 7) is 8.10. The summed E-state index contributed by atoms with van der Waals surface area (Å²) in [6.07, 6.45) is 0. The molecule has 0 spiro atoms. The van der Waals surface area contributed by atoms with Crippen molar-refractivity contribution in [3.05, 3.63) is 65.7 Å². The minimum Gasteiger partial charge on any atom is -0.505 e. The smallest absolute Gasteiger partial charge is 0.318 e. The van der Waals surface area contributed by atoms with Crippen molar-refractivity contribution in [2.75, 3.05) is 18.1 Å². The highest BCUT2D eigenvalue weighted by atomic mass is 32.2. The van der Waals surface area contributed by atoms with E-state index in [-0.39, 0.29) is 17.2 Å². The van der Waals surface area contributed by atoms with Crippen LogP contribution in [-0.4, -0.2) is 18.2 Å². The lowest BCUT2D eigenvalue weighted by molar-refractivity contribution is 0.254. The topological polar surface area (TPSA) is 112 Å². The Bertz CT molecular complexity index is 1180. The van der Waals surface area contributed by atoms with Crippen LogP contribution in [-0.2, 0) is 5.41 Å². The number of aromatic hydroxyl groups is 1. The van der Waals surface area contributed by atoms with E-state index in [1.165, 1.54) is 0 Å². The number of nitrogens with two attached hydrogens (primary N) is 1. The van der Waals surface area contributed by atoms with Gasteiger partial charge in [0, 0.05) is 28.1 Å². The summed E-state index contributed by atoms with van der Waals surface area (Å²) in [6, 6.07) is 16.6. The van der Waals surface area contributed by atoms with Gasteiger partial charge in [-0.3, -0.25) is 0 Å². The summed E-state index contributed by atoms with van der Waals surface area (Å²) in [5.74, 6) is 0.131. The molecule has 0 unspecified atom stereocenters. The third-order valence-electron chi connectivity index (χ3n) is 4.88. The van der Waals surface area contributed by atoms with Crippen LogP contribution in [0.15, 0.2) is 74.6 Å². The molecule has 0 saturated heterocycles. The van der Waals surface area contributed by atoms with Crippen LogP contribution in [0.2, 0.25) is 0 Å². The van der Waals surface area contributed by atoms with Gasteiger partial charge >= 0.3 is 6.03 Å². The quantitative estimate of drug-likeness (QED) is 0.243. The van der Waals surface area contributed by atoms with E-state index >= 15 is 0 Å². The second-order valence-corrected chi connectivity index (χ2v) is 9.83. The lowest BCUT2D eigenvalue weighted by Crippen LogP contribution is -2.24. The second kappa shape index (κ2) is 9.95. The molecule has 0 fully saturated rings. The van der Waals surface area contributed by atoms with Gasteiger partial charge in [-0.05, 0) is 66.4 Å². The zero-order valence-electron chi connectivity index (χ0n) is 19.4. The molecule has 0 radical (unpaired) electrons. The molecule has 172 valence electrons. The number of amides is 2. The number of hydrogen-bond acceptors (Lipinski definition) is 6. The minimum atomic E-state index is -0.266. The molecule has 0 heterocycles. The Morgan fingerprint density at radius 3 is 2.24 bits per heavy atom. The maximum absolute atomic E-state index is 11.4. The van der Waals surface area contributed by atoms with Gasteiger partial charge in [-0.1, -0.05) is 38.6 Å². The van der Waals surface area contributed by atoms with Crippen LogP contribution in [0.3, 0.4) is 0 Å². The molecule has 8 heteroatoms. The molecule has 3 rings (SSSR count). The Labute approximate surface area is 198 Å². The Morgan fingerprint density at radius 2 is 1.61 bits per heavy atom. The predicted molar refractivity (Wildman–Crippen MR) is 135 cm³/mol. The summed E-state index contributed by atoms with van der Waals surface area (Å²) >= 11 is 1.54. The lowest BCUT2D eigenvalue weighted by atomic mass is 9.85. The van der Waals surface area contributed by atoms with E-state index < -0.39 is 0 Å². The molecule has 0 saturated carbocycles. The molecular weight excluding hydrogens is 434 g/mol. The average Bonchev–Trinajstić information content (AvgIpc) is 2.76. The Hall–Kier alpha value is -3.52. The zero-order chi connectivity index (χ0) is 24.2. The van der Waals surface area contributed by atoms with Crippen LogP contribution in [0.25, 0.3) is 0 Å². The number of nitrogens with zero attached hydrogens (tertiary/aromatic N) is 2. The predicted octanol–water partition coefficient (Wildman–Crippen LogP) is 6.90. The van der Waals surface area contributed by atoms with Crippen LogP contribution in [0.5, 0.6) is 5.75 Å². The first kappa shape index (κ1) is 24.1. The molecule has 33 heavy (non-hydrogen) atoms. The number of azo groups is 1. The van der Waals surface area contributed by atoms with Crippen molar-refractivity contribution in [3.8, 4) is 5.75 Å². The highest BCUT2D eigenvalue weighted by Crippen LogP contribution is 2.40. The van der Waals surface area contributed by atoms with Gasteiger partial charge in [-0.25, -0.2) is 4.79 Å². The average molecular weight is 464 g/mol. The summed E-state index contributed by atoms with van der Waals surface area (Å²) in [7, 11) is 1.57. The molecule has 0 atom stereocenters. The summed E-state index contributed by atoms with van der Waals surface area (Å²) < 4.78 is 0. The number of urea groups is 1. The number of phenols is 1. The third-order valence-corrected chi connectivity index (χ3v) is 5.88. The first-order chi connectivity index (χ1) is 15.6. The molecule has 0 aliphatic rings. The van der Waals surface area contributed by atoms with Crippen molar-refractivity contribution in [2.45, 2.75) is 42.9 Å². The van der Waals surface area contributed by atoms with Gasteiger partial charge in [-0.15, -0.1) is 10.2 Å². The van der Waals surface area contributed by atoms with Crippen molar-refractivity contribution in [2.24, 2.45) is 10.2 Å². The van der Waals surface area contributed by atoms with Gasteiger partial charge in [0.2, 0.25) is 0 Å². The van der Waals surface area contributed by atoms with Gasteiger partial charge in [-0.2, -0.15) is 0 Å². The molecule has 3 aromatic carbocycles. The first-order valence-electron chi connectivity index (χ1n) is 10.5. The maximum atomic E-state index is 11.4. The van der Waals surface area contributed by atoms with Crippen LogP contribution in [0.4, 0.5) is 27.5 Å². The molecule has 0 bridgehead atoms. The van der Waals surface area contributed by atoms with Crippen LogP contribution in [0, 0.1) is 6.92 Å². The van der Waals surface area contributed by atoms with Gasteiger partial charge in [0.1, 0.15) is 17.1 Å². The number of carbonyl (C=O) groups excluding carboxylic acids is 1. The number of nitrogens with one attached hydrogen (secondary N) is 2. The maximum Gasteiger partial charge on any atom is 0.318 e. The first-order valence-corrected chi connectivity index (χ1v) is 11.3. The normalized spacial score (nSPS) is 11.5. The minimum absolute atomic E-state index is 0.131. The number of aryl methyl sites for hydroxylation is 1. The largest absolute Gasteiger partial charge is 0.505 e. The van der Waals surface area contributed by atoms with Crippen molar-refractivity contribution in [1.82, 2.24) is 5.32 Å². The number of benzene rings is 3. The summed E-state index contributed by atoms with van der Waals surface area (Å²) in [4.78, 5) is 13.4. The molecule has 5 N–H and O–H groups in total. The fourth-order valence-electron chi connectivity index (χ4n) is 3.12. The van der Waals surface area contributed by atoms with Crippen LogP contribution in [0.1, 0.15) is 31.9 Å². The fraction of sp³-hybridized carbons (Fsp3) is 0.240. The molecule has 0 aliphatic heterocycles. The summed E-state index contributed by atoms with van der Waals surface area (Å²) in [5.41, 5.74) is 9.86. The lowest BCUT2D eigenvalue weighted by Gasteiger charge is -2.21. The summed E-state index contributed by atoms with van der Waals surface area (Å²) in [5, 5.41) is 24.6. The Kier molecular flexibility index (Phi) is 7.28. The number of hydrogen-bond donors (Lipinski definition) is 4. The highest BCUT2D eigenvalue weighted by molar-refractivity contribution is 7.99. The van der Waals surface area contributed by atoms with Gasteiger partial charge in [0.15, 0.2) is 0 Å². The van der Waals surface area contributed by atoms with Crippen LogP contribution >= 0.6 is 11.8 Å². The molecule has 3 aromatic rings. The number of carbonyl (C=O) groups is 1. The Balaban J connectivity index is 1.82. The number of anilines is 2. The van der Waals surface area contributed by atoms with Gasteiger partial charge < -0.3 is 21.5 Å². The molecule has 0 aromatic heterocycles. The van der Waals surface area contributed by atoms with Crippen LogP contribution < -0.4 is 16.4 Å². The fourth-order valence-corrected chi connectivity index (χ4v) is 3.98.